The van der Waals surface area contributed by atoms with Crippen LogP contribution >= 0.6 is 0 Å². The number of allylic oxidation sites excluding steroid dienone is 1. The maximum absolute atomic E-state index is 11.5. The fourth-order valence-corrected chi connectivity index (χ4v) is 1.83. The van der Waals surface area contributed by atoms with Crippen molar-refractivity contribution in [2.75, 3.05) is 7.11 Å². The highest BCUT2D eigenvalue weighted by molar-refractivity contribution is 5.57. The van der Waals surface area contributed by atoms with Crippen molar-refractivity contribution in [1.82, 2.24) is 4.98 Å². The van der Waals surface area contributed by atoms with Crippen LogP contribution in [0.1, 0.15) is 18.1 Å². The van der Waals surface area contributed by atoms with E-state index < -0.39 is 0 Å². The van der Waals surface area contributed by atoms with Gasteiger partial charge in [0.1, 0.15) is 0 Å². The van der Waals surface area contributed by atoms with Crippen LogP contribution in [-0.4, -0.2) is 12.1 Å². The van der Waals surface area contributed by atoms with E-state index in [1.54, 1.807) is 13.3 Å². The lowest BCUT2D eigenvalue weighted by Crippen LogP contribution is -2.21. The van der Waals surface area contributed by atoms with Gasteiger partial charge in [-0.15, -0.1) is 0 Å². The molecule has 0 aromatic carbocycles. The molecule has 3 nitrogen and oxygen atoms in total. The van der Waals surface area contributed by atoms with E-state index in [9.17, 15) is 4.79 Å². The van der Waals surface area contributed by atoms with E-state index in [-0.39, 0.29) is 11.5 Å². The number of ether oxygens (including phenoxy) is 1. The van der Waals surface area contributed by atoms with Crippen LogP contribution in [0.3, 0.4) is 0 Å². The first-order valence-corrected chi connectivity index (χ1v) is 4.68. The lowest BCUT2D eigenvalue weighted by atomic mass is 9.90. The van der Waals surface area contributed by atoms with Crippen molar-refractivity contribution < 1.29 is 4.74 Å². The average molecular weight is 191 g/mol. The fraction of sp³-hybridized carbons (Fsp3) is 0.364. The number of aromatic amines is 1. The highest BCUT2D eigenvalue weighted by Crippen LogP contribution is 2.25. The van der Waals surface area contributed by atoms with E-state index in [0.717, 1.165) is 23.3 Å². The third-order valence-electron chi connectivity index (χ3n) is 2.63. The van der Waals surface area contributed by atoms with Gasteiger partial charge in [-0.25, -0.2) is 0 Å². The molecule has 1 aromatic heterocycles. The summed E-state index contributed by atoms with van der Waals surface area (Å²) in [5, 5.41) is 0. The number of methoxy groups -OCH3 is 1. The van der Waals surface area contributed by atoms with Gasteiger partial charge in [0.25, 0.3) is 5.56 Å². The van der Waals surface area contributed by atoms with Gasteiger partial charge in [-0.3, -0.25) is 4.79 Å². The van der Waals surface area contributed by atoms with E-state index in [4.69, 9.17) is 4.74 Å². The molecular weight excluding hydrogens is 178 g/mol. The van der Waals surface area contributed by atoms with Crippen molar-refractivity contribution in [3.05, 3.63) is 39.5 Å². The second-order valence-corrected chi connectivity index (χ2v) is 3.60. The molecule has 1 N–H and O–H groups in total. The van der Waals surface area contributed by atoms with Gasteiger partial charge < -0.3 is 9.72 Å². The first-order chi connectivity index (χ1) is 6.72. The van der Waals surface area contributed by atoms with E-state index in [2.05, 4.69) is 11.9 Å². The summed E-state index contributed by atoms with van der Waals surface area (Å²) in [6.45, 7) is 2.06. The standard InChI is InChI=1S/C11H13NO2/c1-7-5-9-8(6-10(7)14-2)3-4-12-11(9)13/h3-4,6-7H,5H2,1-2H3,(H,12,13). The minimum Gasteiger partial charge on any atom is -0.501 e. The SMILES string of the molecule is COC1=Cc2cc[nH]c(=O)c2CC1C. The summed E-state index contributed by atoms with van der Waals surface area (Å²) in [5.41, 5.74) is 1.85. The van der Waals surface area contributed by atoms with Gasteiger partial charge in [0, 0.05) is 17.7 Å². The Morgan fingerprint density at radius 1 is 1.57 bits per heavy atom. The molecule has 0 fully saturated rings. The average Bonchev–Trinajstić information content (AvgIpc) is 2.19. The summed E-state index contributed by atoms with van der Waals surface area (Å²) in [7, 11) is 1.67. The van der Waals surface area contributed by atoms with Gasteiger partial charge >= 0.3 is 0 Å². The molecule has 0 saturated heterocycles. The molecule has 74 valence electrons. The third-order valence-corrected chi connectivity index (χ3v) is 2.63. The summed E-state index contributed by atoms with van der Waals surface area (Å²) in [6.07, 6.45) is 4.37. The number of nitrogens with one attached hydrogen (secondary N) is 1. The second kappa shape index (κ2) is 3.33. The van der Waals surface area contributed by atoms with Gasteiger partial charge in [-0.1, -0.05) is 6.92 Å². The van der Waals surface area contributed by atoms with E-state index in [0.29, 0.717) is 0 Å². The lowest BCUT2D eigenvalue weighted by Gasteiger charge is -2.20. The van der Waals surface area contributed by atoms with Crippen molar-refractivity contribution in [2.45, 2.75) is 13.3 Å². The molecule has 0 saturated carbocycles. The van der Waals surface area contributed by atoms with Crippen molar-refractivity contribution in [3.63, 3.8) is 0 Å². The Kier molecular flexibility index (Phi) is 2.15. The zero-order valence-corrected chi connectivity index (χ0v) is 8.33. The number of hydrogen-bond donors (Lipinski definition) is 1. The molecule has 0 amide bonds. The first kappa shape index (κ1) is 9.06. The Balaban J connectivity index is 2.56. The molecule has 0 radical (unpaired) electrons. The third kappa shape index (κ3) is 1.35. The number of aromatic nitrogens is 1. The predicted octanol–water partition coefficient (Wildman–Crippen LogP) is 1.55. The maximum atomic E-state index is 11.5. The maximum Gasteiger partial charge on any atom is 0.251 e. The number of rotatable bonds is 1. The Hall–Kier alpha value is -1.51. The minimum atomic E-state index is 0.0146. The minimum absolute atomic E-state index is 0.0146. The Labute approximate surface area is 82.4 Å². The molecule has 14 heavy (non-hydrogen) atoms. The molecule has 1 aliphatic rings. The summed E-state index contributed by atoms with van der Waals surface area (Å²) in [5.74, 6) is 1.24. The number of fused-ring (bicyclic) bond motifs is 1. The zero-order chi connectivity index (χ0) is 10.1. The summed E-state index contributed by atoms with van der Waals surface area (Å²) in [6, 6.07) is 1.90. The Morgan fingerprint density at radius 3 is 3.07 bits per heavy atom. The summed E-state index contributed by atoms with van der Waals surface area (Å²) >= 11 is 0. The van der Waals surface area contributed by atoms with Crippen LogP contribution in [0.5, 0.6) is 0 Å². The van der Waals surface area contributed by atoms with Gasteiger partial charge in [0.05, 0.1) is 12.9 Å². The van der Waals surface area contributed by atoms with Gasteiger partial charge in [-0.05, 0) is 24.1 Å². The van der Waals surface area contributed by atoms with Gasteiger partial charge in [0.15, 0.2) is 0 Å². The molecule has 2 rings (SSSR count). The number of pyridine rings is 1. The molecule has 1 unspecified atom stereocenters. The van der Waals surface area contributed by atoms with Gasteiger partial charge in [0.2, 0.25) is 0 Å². The highest BCUT2D eigenvalue weighted by atomic mass is 16.5. The predicted molar refractivity (Wildman–Crippen MR) is 54.9 cm³/mol. The number of H-pyrrole nitrogens is 1. The molecule has 1 atom stereocenters. The molecule has 1 aliphatic carbocycles. The lowest BCUT2D eigenvalue weighted by molar-refractivity contribution is 0.249. The topological polar surface area (TPSA) is 42.1 Å². The highest BCUT2D eigenvalue weighted by Gasteiger charge is 2.19. The fourth-order valence-electron chi connectivity index (χ4n) is 1.83. The largest absolute Gasteiger partial charge is 0.501 e. The first-order valence-electron chi connectivity index (χ1n) is 4.68. The van der Waals surface area contributed by atoms with Crippen LogP contribution < -0.4 is 5.56 Å². The molecule has 3 heteroatoms. The second-order valence-electron chi connectivity index (χ2n) is 3.60. The summed E-state index contributed by atoms with van der Waals surface area (Å²) < 4.78 is 5.25. The molecular formula is C11H13NO2. The smallest absolute Gasteiger partial charge is 0.251 e. The van der Waals surface area contributed by atoms with E-state index in [1.165, 1.54) is 0 Å². The van der Waals surface area contributed by atoms with Crippen molar-refractivity contribution >= 4 is 6.08 Å². The molecule has 0 spiro atoms. The molecule has 1 heterocycles. The Morgan fingerprint density at radius 2 is 2.36 bits per heavy atom. The van der Waals surface area contributed by atoms with Gasteiger partial charge in [-0.2, -0.15) is 0 Å². The number of hydrogen-bond acceptors (Lipinski definition) is 2. The normalized spacial score (nSPS) is 19.9. The summed E-state index contributed by atoms with van der Waals surface area (Å²) in [4.78, 5) is 14.2. The van der Waals surface area contributed by atoms with Crippen LogP contribution in [0, 0.1) is 5.92 Å². The van der Waals surface area contributed by atoms with E-state index >= 15 is 0 Å². The molecule has 0 aliphatic heterocycles. The van der Waals surface area contributed by atoms with Crippen LogP contribution in [0.4, 0.5) is 0 Å². The van der Waals surface area contributed by atoms with Crippen molar-refractivity contribution in [3.8, 4) is 0 Å². The Bertz CT molecular complexity index is 431. The van der Waals surface area contributed by atoms with Crippen LogP contribution in [0.15, 0.2) is 22.8 Å². The van der Waals surface area contributed by atoms with Crippen LogP contribution in [0.2, 0.25) is 0 Å². The quantitative estimate of drug-likeness (QED) is 0.731. The molecule has 0 bridgehead atoms. The van der Waals surface area contributed by atoms with Crippen LogP contribution in [0.25, 0.3) is 6.08 Å². The van der Waals surface area contributed by atoms with Crippen molar-refractivity contribution in [2.24, 2.45) is 5.92 Å². The molecule has 1 aromatic rings. The monoisotopic (exact) mass is 191 g/mol. The zero-order valence-electron chi connectivity index (χ0n) is 8.33. The van der Waals surface area contributed by atoms with Crippen LogP contribution in [-0.2, 0) is 11.2 Å². The van der Waals surface area contributed by atoms with Crippen molar-refractivity contribution in [1.29, 1.82) is 0 Å². The van der Waals surface area contributed by atoms with E-state index in [1.807, 2.05) is 12.1 Å².